The minimum Gasteiger partial charge on any atom is -0.461 e. The smallest absolute Gasteiger partial charge is 0.356 e. The van der Waals surface area contributed by atoms with Crippen molar-refractivity contribution in [2.24, 2.45) is 5.16 Å². The Morgan fingerprint density at radius 1 is 1.71 bits per heavy atom. The Labute approximate surface area is 82.7 Å². The summed E-state index contributed by atoms with van der Waals surface area (Å²) in [7, 11) is 0. The van der Waals surface area contributed by atoms with Crippen LogP contribution in [0.5, 0.6) is 0 Å². The highest BCUT2D eigenvalue weighted by Crippen LogP contribution is 2.16. The van der Waals surface area contributed by atoms with E-state index in [1.54, 1.807) is 6.92 Å². The van der Waals surface area contributed by atoms with Crippen LogP contribution in [0, 0.1) is 0 Å². The molecule has 1 aliphatic rings. The molecular formula is C9H15NO4. The van der Waals surface area contributed by atoms with Crippen LogP contribution in [0.3, 0.4) is 0 Å². The number of hydrogen-bond donors (Lipinski definition) is 1. The van der Waals surface area contributed by atoms with Crippen molar-refractivity contribution in [1.82, 2.24) is 0 Å². The van der Waals surface area contributed by atoms with Gasteiger partial charge in [-0.3, -0.25) is 0 Å². The first-order valence-electron chi connectivity index (χ1n) is 4.77. The Bertz CT molecular complexity index is 221. The van der Waals surface area contributed by atoms with Crippen molar-refractivity contribution >= 4 is 11.7 Å². The maximum atomic E-state index is 11.2. The number of carbonyl (C=O) groups is 1. The second-order valence-electron chi connectivity index (χ2n) is 3.11. The molecule has 1 atom stereocenters. The number of hydrogen-bond acceptors (Lipinski definition) is 5. The number of nitrogens with zero attached hydrogens (tertiary/aromatic N) is 1. The lowest BCUT2D eigenvalue weighted by atomic mass is 10.1. The fraction of sp³-hybridized carbons (Fsp3) is 0.778. The number of rotatable bonds is 4. The number of ether oxygens (including phenoxy) is 2. The molecule has 14 heavy (non-hydrogen) atoms. The fourth-order valence-corrected chi connectivity index (χ4v) is 1.40. The summed E-state index contributed by atoms with van der Waals surface area (Å²) in [4.78, 5) is 11.2. The van der Waals surface area contributed by atoms with Crippen LogP contribution in [-0.2, 0) is 14.3 Å². The molecule has 1 aliphatic heterocycles. The molecule has 1 fully saturated rings. The van der Waals surface area contributed by atoms with Crippen molar-refractivity contribution in [3.05, 3.63) is 0 Å². The second kappa shape index (κ2) is 5.59. The lowest BCUT2D eigenvalue weighted by Crippen LogP contribution is -2.23. The predicted octanol–water partition coefficient (Wildman–Crippen LogP) is 0.949. The van der Waals surface area contributed by atoms with Gasteiger partial charge in [-0.25, -0.2) is 4.79 Å². The van der Waals surface area contributed by atoms with Gasteiger partial charge in [0.2, 0.25) is 0 Å². The molecular weight excluding hydrogens is 186 g/mol. The molecule has 0 amide bonds. The first-order valence-corrected chi connectivity index (χ1v) is 4.77. The molecule has 0 saturated carbocycles. The molecule has 1 N–H and O–H groups in total. The first kappa shape index (κ1) is 11.0. The van der Waals surface area contributed by atoms with Crippen molar-refractivity contribution in [2.75, 3.05) is 13.2 Å². The van der Waals surface area contributed by atoms with Crippen molar-refractivity contribution in [3.8, 4) is 0 Å². The molecule has 0 spiro atoms. The molecule has 1 saturated heterocycles. The van der Waals surface area contributed by atoms with E-state index in [1.807, 2.05) is 0 Å². The van der Waals surface area contributed by atoms with Crippen LogP contribution >= 0.6 is 0 Å². The minimum atomic E-state index is -0.564. The van der Waals surface area contributed by atoms with Crippen molar-refractivity contribution in [3.63, 3.8) is 0 Å². The summed E-state index contributed by atoms with van der Waals surface area (Å²) in [5, 5.41) is 11.5. The zero-order valence-electron chi connectivity index (χ0n) is 8.23. The summed E-state index contributed by atoms with van der Waals surface area (Å²) in [6.45, 7) is 2.70. The Morgan fingerprint density at radius 3 is 3.00 bits per heavy atom. The van der Waals surface area contributed by atoms with Crippen molar-refractivity contribution in [2.45, 2.75) is 32.3 Å². The van der Waals surface area contributed by atoms with Gasteiger partial charge in [-0.2, -0.15) is 0 Å². The van der Waals surface area contributed by atoms with Gasteiger partial charge in [-0.05, 0) is 19.8 Å². The molecule has 1 unspecified atom stereocenters. The first-order chi connectivity index (χ1) is 6.77. The van der Waals surface area contributed by atoms with E-state index in [4.69, 9.17) is 14.7 Å². The van der Waals surface area contributed by atoms with Gasteiger partial charge >= 0.3 is 5.97 Å². The summed E-state index contributed by atoms with van der Waals surface area (Å²) in [5.41, 5.74) is 0.0405. The van der Waals surface area contributed by atoms with E-state index in [-0.39, 0.29) is 18.4 Å². The zero-order chi connectivity index (χ0) is 10.4. The lowest BCUT2D eigenvalue weighted by molar-refractivity contribution is -0.135. The van der Waals surface area contributed by atoms with Crippen molar-refractivity contribution in [1.29, 1.82) is 0 Å². The number of esters is 1. The van der Waals surface area contributed by atoms with Crippen LogP contribution in [-0.4, -0.2) is 36.2 Å². The second-order valence-corrected chi connectivity index (χ2v) is 3.11. The maximum absolute atomic E-state index is 11.2. The summed E-state index contributed by atoms with van der Waals surface area (Å²) in [6.07, 6.45) is 2.21. The summed E-state index contributed by atoms with van der Waals surface area (Å²) in [5.74, 6) is -0.564. The maximum Gasteiger partial charge on any atom is 0.356 e. The van der Waals surface area contributed by atoms with Gasteiger partial charge in [-0.15, -0.1) is 0 Å². The van der Waals surface area contributed by atoms with E-state index in [9.17, 15) is 4.79 Å². The fourth-order valence-electron chi connectivity index (χ4n) is 1.40. The molecule has 5 heteroatoms. The Kier molecular flexibility index (Phi) is 4.39. The SMILES string of the molecule is CCOC(=O)C(CC1CCCO1)=NO. The molecule has 80 valence electrons. The molecule has 1 heterocycles. The van der Waals surface area contributed by atoms with Crippen LogP contribution in [0.4, 0.5) is 0 Å². The van der Waals surface area contributed by atoms with Gasteiger partial charge in [-0.1, -0.05) is 5.16 Å². The summed E-state index contributed by atoms with van der Waals surface area (Å²) >= 11 is 0. The topological polar surface area (TPSA) is 68.1 Å². The average molecular weight is 201 g/mol. The standard InChI is InChI=1S/C9H15NO4/c1-2-13-9(11)8(10-12)6-7-4-3-5-14-7/h7,12H,2-6H2,1H3. The Hall–Kier alpha value is -1.10. The predicted molar refractivity (Wildman–Crippen MR) is 49.4 cm³/mol. The van der Waals surface area contributed by atoms with Crippen LogP contribution in [0.2, 0.25) is 0 Å². The van der Waals surface area contributed by atoms with E-state index in [0.717, 1.165) is 12.8 Å². The van der Waals surface area contributed by atoms with Crippen molar-refractivity contribution < 1.29 is 19.5 Å². The molecule has 0 aliphatic carbocycles. The molecule has 0 aromatic heterocycles. The van der Waals surface area contributed by atoms with Gasteiger partial charge < -0.3 is 14.7 Å². The molecule has 0 aromatic rings. The normalized spacial score (nSPS) is 22.4. The highest BCUT2D eigenvalue weighted by Gasteiger charge is 2.22. The van der Waals surface area contributed by atoms with Gasteiger partial charge in [0.25, 0.3) is 0 Å². The molecule has 0 aromatic carbocycles. The van der Waals surface area contributed by atoms with Gasteiger partial charge in [0.05, 0.1) is 12.7 Å². The quantitative estimate of drug-likeness (QED) is 0.318. The summed E-state index contributed by atoms with van der Waals surface area (Å²) < 4.78 is 10.0. The zero-order valence-corrected chi connectivity index (χ0v) is 8.23. The van der Waals surface area contributed by atoms with E-state index < -0.39 is 5.97 Å². The largest absolute Gasteiger partial charge is 0.461 e. The highest BCUT2D eigenvalue weighted by atomic mass is 16.5. The molecule has 0 bridgehead atoms. The average Bonchev–Trinajstić information content (AvgIpc) is 2.66. The molecule has 1 rings (SSSR count). The third-order valence-electron chi connectivity index (χ3n) is 2.08. The third-order valence-corrected chi connectivity index (χ3v) is 2.08. The highest BCUT2D eigenvalue weighted by molar-refractivity contribution is 6.36. The van der Waals surface area contributed by atoms with Crippen LogP contribution in [0.25, 0.3) is 0 Å². The van der Waals surface area contributed by atoms with Gasteiger partial charge in [0.15, 0.2) is 5.71 Å². The monoisotopic (exact) mass is 201 g/mol. The number of oxime groups is 1. The van der Waals surface area contributed by atoms with Crippen LogP contribution in [0.15, 0.2) is 5.16 Å². The van der Waals surface area contributed by atoms with Crippen LogP contribution < -0.4 is 0 Å². The lowest BCUT2D eigenvalue weighted by Gasteiger charge is -2.09. The molecule has 5 nitrogen and oxygen atoms in total. The van der Waals surface area contributed by atoms with E-state index in [0.29, 0.717) is 13.0 Å². The molecule has 0 radical (unpaired) electrons. The van der Waals surface area contributed by atoms with E-state index >= 15 is 0 Å². The van der Waals surface area contributed by atoms with E-state index in [2.05, 4.69) is 5.16 Å². The van der Waals surface area contributed by atoms with Gasteiger partial charge in [0, 0.05) is 13.0 Å². The minimum absolute atomic E-state index is 0.00898. The van der Waals surface area contributed by atoms with E-state index in [1.165, 1.54) is 0 Å². The summed E-state index contributed by atoms with van der Waals surface area (Å²) in [6, 6.07) is 0. The van der Waals surface area contributed by atoms with Gasteiger partial charge in [0.1, 0.15) is 0 Å². The third kappa shape index (κ3) is 2.99. The Morgan fingerprint density at radius 2 is 2.50 bits per heavy atom. The number of carbonyl (C=O) groups excluding carboxylic acids is 1. The van der Waals surface area contributed by atoms with Crippen LogP contribution in [0.1, 0.15) is 26.2 Å². The Balaban J connectivity index is 2.42.